The number of aromatic carboxylic acids is 1. The van der Waals surface area contributed by atoms with Crippen LogP contribution in [-0.4, -0.2) is 32.4 Å². The molecular weight excluding hydrogens is 412 g/mol. The van der Waals surface area contributed by atoms with Gasteiger partial charge in [0, 0.05) is 23.2 Å². The fourth-order valence-electron chi connectivity index (χ4n) is 4.01. The second kappa shape index (κ2) is 7.56. The summed E-state index contributed by atoms with van der Waals surface area (Å²) >= 11 is 6.12. The molecule has 1 aromatic heterocycles. The van der Waals surface area contributed by atoms with Gasteiger partial charge in [0.1, 0.15) is 12.2 Å². The van der Waals surface area contributed by atoms with Crippen LogP contribution in [0.15, 0.2) is 73.1 Å². The smallest absolute Gasteiger partial charge is 0.335 e. The van der Waals surface area contributed by atoms with E-state index in [-0.39, 0.29) is 11.5 Å². The number of fused-ring (bicyclic) bond motifs is 3. The fourth-order valence-corrected chi connectivity index (χ4v) is 4.14. The van der Waals surface area contributed by atoms with Gasteiger partial charge in [0.2, 0.25) is 0 Å². The SMILES string of the molecule is CC1CN(c2ccc(Cl)cc2)c2cc(-c3ccc(C(=O)O)cc3)ccc2-n2cnnc21. The van der Waals surface area contributed by atoms with E-state index in [2.05, 4.69) is 34.2 Å². The Bertz CT molecular complexity index is 1270. The summed E-state index contributed by atoms with van der Waals surface area (Å²) in [5.74, 6) is 0.136. The molecule has 0 radical (unpaired) electrons. The molecule has 0 aliphatic carbocycles. The summed E-state index contributed by atoms with van der Waals surface area (Å²) in [6, 6.07) is 20.9. The topological polar surface area (TPSA) is 71.2 Å². The average Bonchev–Trinajstić information content (AvgIpc) is 3.24. The highest BCUT2D eigenvalue weighted by molar-refractivity contribution is 6.30. The molecule has 1 aliphatic heterocycles. The Balaban J connectivity index is 1.67. The summed E-state index contributed by atoms with van der Waals surface area (Å²) in [5.41, 5.74) is 5.26. The maximum absolute atomic E-state index is 11.2. The summed E-state index contributed by atoms with van der Waals surface area (Å²) in [6.07, 6.45) is 1.75. The molecule has 0 amide bonds. The van der Waals surface area contributed by atoms with E-state index in [1.54, 1.807) is 18.5 Å². The van der Waals surface area contributed by atoms with Crippen LogP contribution in [0.1, 0.15) is 29.0 Å². The second-order valence-electron chi connectivity index (χ2n) is 7.63. The Kier molecular flexibility index (Phi) is 4.71. The van der Waals surface area contributed by atoms with E-state index in [1.165, 1.54) is 0 Å². The molecule has 1 N–H and O–H groups in total. The number of nitrogens with zero attached hydrogens (tertiary/aromatic N) is 4. The summed E-state index contributed by atoms with van der Waals surface area (Å²) in [5, 5.41) is 18.4. The molecule has 5 rings (SSSR count). The van der Waals surface area contributed by atoms with Gasteiger partial charge >= 0.3 is 5.97 Å². The van der Waals surface area contributed by atoms with Crippen molar-refractivity contribution in [3.05, 3.63) is 89.5 Å². The lowest BCUT2D eigenvalue weighted by molar-refractivity contribution is 0.0697. The Labute approximate surface area is 184 Å². The average molecular weight is 431 g/mol. The number of anilines is 2. The molecule has 2 heterocycles. The van der Waals surface area contributed by atoms with Gasteiger partial charge in [0.05, 0.1) is 16.9 Å². The first-order valence-electron chi connectivity index (χ1n) is 9.92. The van der Waals surface area contributed by atoms with Crippen LogP contribution in [-0.2, 0) is 0 Å². The van der Waals surface area contributed by atoms with Crippen molar-refractivity contribution in [1.82, 2.24) is 14.8 Å². The van der Waals surface area contributed by atoms with Crippen LogP contribution < -0.4 is 4.90 Å². The van der Waals surface area contributed by atoms with Crippen LogP contribution in [0.25, 0.3) is 16.8 Å². The van der Waals surface area contributed by atoms with Gasteiger partial charge in [-0.05, 0) is 59.7 Å². The van der Waals surface area contributed by atoms with E-state index < -0.39 is 5.97 Å². The maximum Gasteiger partial charge on any atom is 0.335 e. The van der Waals surface area contributed by atoms with Crippen LogP contribution in [0.5, 0.6) is 0 Å². The quantitative estimate of drug-likeness (QED) is 0.462. The van der Waals surface area contributed by atoms with Crippen molar-refractivity contribution in [2.45, 2.75) is 12.8 Å². The number of carboxylic acid groups (broad SMARTS) is 1. The minimum atomic E-state index is -0.934. The van der Waals surface area contributed by atoms with Gasteiger partial charge in [0.15, 0.2) is 0 Å². The molecule has 154 valence electrons. The third-order valence-corrected chi connectivity index (χ3v) is 5.85. The molecule has 4 aromatic rings. The molecule has 0 fully saturated rings. The van der Waals surface area contributed by atoms with Gasteiger partial charge in [-0.15, -0.1) is 10.2 Å². The molecule has 3 aromatic carbocycles. The number of hydrogen-bond donors (Lipinski definition) is 1. The Morgan fingerprint density at radius 2 is 1.71 bits per heavy atom. The lowest BCUT2D eigenvalue weighted by Gasteiger charge is -2.27. The zero-order chi connectivity index (χ0) is 21.5. The van der Waals surface area contributed by atoms with Crippen LogP contribution in [0.4, 0.5) is 11.4 Å². The van der Waals surface area contributed by atoms with E-state index in [0.29, 0.717) is 5.02 Å². The molecule has 31 heavy (non-hydrogen) atoms. The van der Waals surface area contributed by atoms with Crippen LogP contribution >= 0.6 is 11.6 Å². The molecule has 1 aliphatic rings. The lowest BCUT2D eigenvalue weighted by atomic mass is 10.0. The number of hydrogen-bond acceptors (Lipinski definition) is 4. The minimum Gasteiger partial charge on any atom is -0.478 e. The van der Waals surface area contributed by atoms with Crippen LogP contribution in [0.3, 0.4) is 0 Å². The summed E-state index contributed by atoms with van der Waals surface area (Å²) in [7, 11) is 0. The highest BCUT2D eigenvalue weighted by Crippen LogP contribution is 2.39. The molecule has 7 heteroatoms. The molecule has 0 spiro atoms. The number of aromatic nitrogens is 3. The third-order valence-electron chi connectivity index (χ3n) is 5.60. The molecule has 1 unspecified atom stereocenters. The van der Waals surface area contributed by atoms with Crippen LogP contribution in [0.2, 0.25) is 5.02 Å². The zero-order valence-corrected chi connectivity index (χ0v) is 17.5. The third kappa shape index (κ3) is 3.45. The second-order valence-corrected chi connectivity index (χ2v) is 8.07. The summed E-state index contributed by atoms with van der Waals surface area (Å²) in [4.78, 5) is 13.5. The largest absolute Gasteiger partial charge is 0.478 e. The monoisotopic (exact) mass is 430 g/mol. The number of benzene rings is 3. The van der Waals surface area contributed by atoms with Crippen molar-refractivity contribution in [3.8, 4) is 16.8 Å². The number of rotatable bonds is 3. The first-order valence-corrected chi connectivity index (χ1v) is 10.3. The predicted molar refractivity (Wildman–Crippen MR) is 121 cm³/mol. The van der Waals surface area contributed by atoms with Gasteiger partial charge < -0.3 is 10.0 Å². The molecule has 0 saturated heterocycles. The Morgan fingerprint density at radius 3 is 2.42 bits per heavy atom. The first-order chi connectivity index (χ1) is 15.0. The van der Waals surface area contributed by atoms with E-state index >= 15 is 0 Å². The minimum absolute atomic E-state index is 0.156. The normalized spacial score (nSPS) is 15.2. The van der Waals surface area contributed by atoms with Crippen molar-refractivity contribution < 1.29 is 9.90 Å². The van der Waals surface area contributed by atoms with Crippen molar-refractivity contribution in [2.24, 2.45) is 0 Å². The standard InChI is InChI=1S/C24H19ClN4O2/c1-15-13-28(20-9-7-19(25)8-10-20)22-12-18(16-2-4-17(5-3-16)24(30)31)6-11-21(22)29-14-26-27-23(15)29/h2-12,14-15H,13H2,1H3,(H,30,31). The van der Waals surface area contributed by atoms with Crippen LogP contribution in [0, 0.1) is 0 Å². The van der Waals surface area contributed by atoms with Gasteiger partial charge in [-0.25, -0.2) is 4.79 Å². The number of carboxylic acids is 1. The van der Waals surface area contributed by atoms with Gasteiger partial charge in [-0.2, -0.15) is 0 Å². The lowest BCUT2D eigenvalue weighted by Crippen LogP contribution is -2.21. The number of halogens is 1. The predicted octanol–water partition coefficient (Wildman–Crippen LogP) is 5.54. The highest BCUT2D eigenvalue weighted by Gasteiger charge is 2.27. The summed E-state index contributed by atoms with van der Waals surface area (Å²) < 4.78 is 2.03. The molecule has 1 atom stereocenters. The maximum atomic E-state index is 11.2. The van der Waals surface area contributed by atoms with Gasteiger partial charge in [0.25, 0.3) is 0 Å². The summed E-state index contributed by atoms with van der Waals surface area (Å²) in [6.45, 7) is 2.87. The van der Waals surface area contributed by atoms with Gasteiger partial charge in [-0.1, -0.05) is 36.7 Å². The Morgan fingerprint density at radius 1 is 1.00 bits per heavy atom. The highest BCUT2D eigenvalue weighted by atomic mass is 35.5. The van der Waals surface area contributed by atoms with E-state index in [9.17, 15) is 9.90 Å². The molecule has 0 saturated carbocycles. The molecule has 6 nitrogen and oxygen atoms in total. The Hall–Kier alpha value is -3.64. The number of carbonyl (C=O) groups is 1. The van der Waals surface area contributed by atoms with Crippen molar-refractivity contribution in [3.63, 3.8) is 0 Å². The van der Waals surface area contributed by atoms with E-state index in [1.807, 2.05) is 47.0 Å². The first kappa shape index (κ1) is 19.3. The van der Waals surface area contributed by atoms with E-state index in [4.69, 9.17) is 11.6 Å². The van der Waals surface area contributed by atoms with E-state index in [0.717, 1.165) is 40.6 Å². The molecular formula is C24H19ClN4O2. The van der Waals surface area contributed by atoms with Crippen molar-refractivity contribution in [2.75, 3.05) is 11.4 Å². The van der Waals surface area contributed by atoms with Crippen molar-refractivity contribution >= 4 is 28.9 Å². The van der Waals surface area contributed by atoms with Crippen molar-refractivity contribution in [1.29, 1.82) is 0 Å². The van der Waals surface area contributed by atoms with Gasteiger partial charge in [-0.3, -0.25) is 4.57 Å². The zero-order valence-electron chi connectivity index (χ0n) is 16.7. The fraction of sp³-hybridized carbons (Fsp3) is 0.125. The molecule has 0 bridgehead atoms.